The maximum Gasteiger partial charge on any atom is 0.0589 e. The van der Waals surface area contributed by atoms with E-state index in [0.29, 0.717) is 18.1 Å². The summed E-state index contributed by atoms with van der Waals surface area (Å²) in [4.78, 5) is 2.69. The van der Waals surface area contributed by atoms with Gasteiger partial charge in [-0.05, 0) is 32.7 Å². The van der Waals surface area contributed by atoms with Crippen molar-refractivity contribution >= 4 is 0 Å². The Morgan fingerprint density at radius 1 is 1.29 bits per heavy atom. The summed E-state index contributed by atoms with van der Waals surface area (Å²) in [6.45, 7) is 6.53. The van der Waals surface area contributed by atoms with Gasteiger partial charge in [0.2, 0.25) is 0 Å². The number of rotatable bonds is 8. The van der Waals surface area contributed by atoms with Crippen molar-refractivity contribution in [2.24, 2.45) is 0 Å². The molecule has 1 rings (SSSR count). The number of nitrogens with one attached hydrogen (secondary N) is 1. The van der Waals surface area contributed by atoms with Crippen molar-refractivity contribution in [3.05, 3.63) is 0 Å². The average Bonchev–Trinajstić information content (AvgIpc) is 2.82. The second kappa shape index (κ2) is 8.06. The minimum absolute atomic E-state index is 0.674. The topological polar surface area (TPSA) is 24.5 Å². The molecule has 0 aromatic carbocycles. The summed E-state index contributed by atoms with van der Waals surface area (Å²) in [5.74, 6) is 0. The number of ether oxygens (including phenoxy) is 1. The van der Waals surface area contributed by atoms with E-state index in [1.54, 1.807) is 7.11 Å². The van der Waals surface area contributed by atoms with Gasteiger partial charge in [-0.2, -0.15) is 0 Å². The lowest BCUT2D eigenvalue weighted by molar-refractivity contribution is 0.0716. The molecule has 0 aromatic rings. The van der Waals surface area contributed by atoms with Crippen molar-refractivity contribution in [2.75, 3.05) is 27.3 Å². The highest BCUT2D eigenvalue weighted by atomic mass is 16.5. The largest absolute Gasteiger partial charge is 0.383 e. The molecule has 3 heteroatoms. The van der Waals surface area contributed by atoms with E-state index in [4.69, 9.17) is 4.74 Å². The normalized spacial score (nSPS) is 25.1. The molecule has 102 valence electrons. The van der Waals surface area contributed by atoms with Gasteiger partial charge in [0.05, 0.1) is 6.61 Å². The minimum Gasteiger partial charge on any atom is -0.383 e. The van der Waals surface area contributed by atoms with Gasteiger partial charge in [0.25, 0.3) is 0 Å². The number of nitrogens with zero attached hydrogens (tertiary/aromatic N) is 1. The third-order valence-electron chi connectivity index (χ3n) is 4.24. The molecule has 0 aromatic heterocycles. The molecule has 3 nitrogen and oxygen atoms in total. The molecular weight excluding hydrogens is 212 g/mol. The van der Waals surface area contributed by atoms with Crippen LogP contribution in [0.4, 0.5) is 0 Å². The summed E-state index contributed by atoms with van der Waals surface area (Å²) >= 11 is 0. The standard InChI is InChI=1S/C14H30N2O/c1-5-12(6-2)16(10-11-17-4)14-9-7-8-13(14)15-3/h12-15H,5-11H2,1-4H3. The van der Waals surface area contributed by atoms with Crippen LogP contribution in [0.5, 0.6) is 0 Å². The van der Waals surface area contributed by atoms with Gasteiger partial charge in [0.1, 0.15) is 0 Å². The molecule has 1 N–H and O–H groups in total. The number of hydrogen-bond donors (Lipinski definition) is 1. The molecule has 0 amide bonds. The van der Waals surface area contributed by atoms with Gasteiger partial charge in [0, 0.05) is 31.8 Å². The Balaban J connectivity index is 2.66. The van der Waals surface area contributed by atoms with E-state index < -0.39 is 0 Å². The average molecular weight is 242 g/mol. The summed E-state index contributed by atoms with van der Waals surface area (Å²) in [6, 6.07) is 2.09. The lowest BCUT2D eigenvalue weighted by Crippen LogP contribution is -2.51. The molecule has 1 aliphatic carbocycles. The molecule has 17 heavy (non-hydrogen) atoms. The van der Waals surface area contributed by atoms with Crippen LogP contribution in [0.25, 0.3) is 0 Å². The third-order valence-corrected chi connectivity index (χ3v) is 4.24. The summed E-state index contributed by atoms with van der Waals surface area (Å²) in [5.41, 5.74) is 0. The van der Waals surface area contributed by atoms with Crippen molar-refractivity contribution in [3.8, 4) is 0 Å². The third kappa shape index (κ3) is 3.94. The summed E-state index contributed by atoms with van der Waals surface area (Å²) in [5, 5.41) is 3.49. The van der Waals surface area contributed by atoms with E-state index in [9.17, 15) is 0 Å². The molecule has 0 spiro atoms. The summed E-state index contributed by atoms with van der Waals surface area (Å²) < 4.78 is 5.28. The van der Waals surface area contributed by atoms with Crippen molar-refractivity contribution in [1.29, 1.82) is 0 Å². The fourth-order valence-corrected chi connectivity index (χ4v) is 3.25. The Labute approximate surface area is 107 Å². The zero-order valence-corrected chi connectivity index (χ0v) is 12.0. The highest BCUT2D eigenvalue weighted by molar-refractivity contribution is 4.91. The van der Waals surface area contributed by atoms with Crippen molar-refractivity contribution in [3.63, 3.8) is 0 Å². The molecule has 1 aliphatic rings. The van der Waals surface area contributed by atoms with Crippen LogP contribution in [-0.2, 0) is 4.74 Å². The number of hydrogen-bond acceptors (Lipinski definition) is 3. The zero-order valence-electron chi connectivity index (χ0n) is 12.0. The van der Waals surface area contributed by atoms with Crippen molar-refractivity contribution in [2.45, 2.75) is 64.1 Å². The predicted octanol–water partition coefficient (Wildman–Crippen LogP) is 2.26. The van der Waals surface area contributed by atoms with E-state index in [-0.39, 0.29) is 0 Å². The van der Waals surface area contributed by atoms with E-state index in [2.05, 4.69) is 31.1 Å². The Morgan fingerprint density at radius 3 is 2.53 bits per heavy atom. The lowest BCUT2D eigenvalue weighted by atomic mass is 10.0. The molecule has 0 aliphatic heterocycles. The molecule has 0 saturated heterocycles. The van der Waals surface area contributed by atoms with Gasteiger partial charge in [-0.25, -0.2) is 0 Å². The first-order valence-electron chi connectivity index (χ1n) is 7.20. The molecule has 2 atom stereocenters. The monoisotopic (exact) mass is 242 g/mol. The summed E-state index contributed by atoms with van der Waals surface area (Å²) in [6.07, 6.45) is 6.51. The van der Waals surface area contributed by atoms with Gasteiger partial charge in [0.15, 0.2) is 0 Å². The van der Waals surface area contributed by atoms with E-state index in [1.165, 1.54) is 32.1 Å². The van der Waals surface area contributed by atoms with Crippen LogP contribution in [0.15, 0.2) is 0 Å². The minimum atomic E-state index is 0.674. The quantitative estimate of drug-likeness (QED) is 0.706. The Kier molecular flexibility index (Phi) is 7.09. The SMILES string of the molecule is CCC(CC)N(CCOC)C1CCCC1NC. The fraction of sp³-hybridized carbons (Fsp3) is 1.00. The van der Waals surface area contributed by atoms with Gasteiger partial charge in [-0.3, -0.25) is 4.90 Å². The van der Waals surface area contributed by atoms with E-state index >= 15 is 0 Å². The maximum atomic E-state index is 5.28. The van der Waals surface area contributed by atoms with Crippen LogP contribution >= 0.6 is 0 Å². The number of methoxy groups -OCH3 is 1. The van der Waals surface area contributed by atoms with Gasteiger partial charge >= 0.3 is 0 Å². The molecule has 1 saturated carbocycles. The Hall–Kier alpha value is -0.120. The van der Waals surface area contributed by atoms with Crippen LogP contribution in [0.2, 0.25) is 0 Å². The molecule has 0 radical (unpaired) electrons. The van der Waals surface area contributed by atoms with Crippen LogP contribution < -0.4 is 5.32 Å². The van der Waals surface area contributed by atoms with Crippen molar-refractivity contribution in [1.82, 2.24) is 10.2 Å². The first kappa shape index (κ1) is 14.9. The van der Waals surface area contributed by atoms with Gasteiger partial charge in [-0.1, -0.05) is 20.3 Å². The lowest BCUT2D eigenvalue weighted by Gasteiger charge is -2.38. The molecule has 0 bridgehead atoms. The smallest absolute Gasteiger partial charge is 0.0589 e. The van der Waals surface area contributed by atoms with E-state index in [0.717, 1.165) is 13.2 Å². The second-order valence-electron chi connectivity index (χ2n) is 5.09. The van der Waals surface area contributed by atoms with Crippen LogP contribution in [0.3, 0.4) is 0 Å². The molecule has 2 unspecified atom stereocenters. The van der Waals surface area contributed by atoms with Gasteiger partial charge < -0.3 is 10.1 Å². The fourth-order valence-electron chi connectivity index (χ4n) is 3.25. The highest BCUT2D eigenvalue weighted by Crippen LogP contribution is 2.27. The first-order chi connectivity index (χ1) is 8.28. The number of likely N-dealkylation sites (N-methyl/N-ethyl adjacent to an activating group) is 1. The van der Waals surface area contributed by atoms with Crippen molar-refractivity contribution < 1.29 is 4.74 Å². The zero-order chi connectivity index (χ0) is 12.7. The molecular formula is C14H30N2O. The highest BCUT2D eigenvalue weighted by Gasteiger charge is 2.33. The van der Waals surface area contributed by atoms with E-state index in [1.807, 2.05) is 0 Å². The summed E-state index contributed by atoms with van der Waals surface area (Å²) in [7, 11) is 3.90. The molecule has 1 fully saturated rings. The Morgan fingerprint density at radius 2 is 2.00 bits per heavy atom. The Bertz CT molecular complexity index is 195. The van der Waals surface area contributed by atoms with Crippen LogP contribution in [0, 0.1) is 0 Å². The second-order valence-corrected chi connectivity index (χ2v) is 5.09. The maximum absolute atomic E-state index is 5.28. The first-order valence-corrected chi connectivity index (χ1v) is 7.20. The van der Waals surface area contributed by atoms with Crippen LogP contribution in [-0.4, -0.2) is 50.3 Å². The van der Waals surface area contributed by atoms with Crippen LogP contribution in [0.1, 0.15) is 46.0 Å². The molecule has 0 heterocycles. The predicted molar refractivity (Wildman–Crippen MR) is 73.4 cm³/mol. The van der Waals surface area contributed by atoms with Gasteiger partial charge in [-0.15, -0.1) is 0 Å².